The van der Waals surface area contributed by atoms with Gasteiger partial charge < -0.3 is 19.5 Å². The molecule has 1 saturated carbocycles. The normalized spacial score (nSPS) is 20.4. The van der Waals surface area contributed by atoms with Crippen LogP contribution in [0.5, 0.6) is 0 Å². The van der Waals surface area contributed by atoms with Crippen molar-refractivity contribution in [3.63, 3.8) is 0 Å². The van der Waals surface area contributed by atoms with E-state index >= 15 is 0 Å². The number of anilines is 1. The fourth-order valence-corrected chi connectivity index (χ4v) is 6.14. The SMILES string of the molecule is CC(NC1(C)CCC1)c1cc2c(c(C(F)(F)F)c1)CN(c1cccc(C(c3nncn3C)C3COC3)c1)C2=O. The number of carbonyl (C=O) groups excluding carboxylic acids is 1. The van der Waals surface area contributed by atoms with E-state index in [2.05, 4.69) is 22.4 Å². The number of fused-ring (bicyclic) bond motifs is 1. The molecule has 6 rings (SSSR count). The Labute approximate surface area is 225 Å². The van der Waals surface area contributed by atoms with E-state index in [0.29, 0.717) is 24.5 Å². The molecule has 39 heavy (non-hydrogen) atoms. The number of carbonyl (C=O) groups is 1. The summed E-state index contributed by atoms with van der Waals surface area (Å²) >= 11 is 0. The molecule has 3 aromatic rings. The third-order valence-electron chi connectivity index (χ3n) is 8.59. The molecule has 2 aliphatic heterocycles. The molecular weight excluding hydrogens is 507 g/mol. The molecule has 0 spiro atoms. The first-order chi connectivity index (χ1) is 18.5. The number of halogens is 3. The van der Waals surface area contributed by atoms with Gasteiger partial charge in [-0.25, -0.2) is 0 Å². The molecule has 10 heteroatoms. The van der Waals surface area contributed by atoms with Crippen molar-refractivity contribution >= 4 is 11.6 Å². The molecule has 2 unspecified atom stereocenters. The lowest BCUT2D eigenvalue weighted by atomic mass is 9.77. The van der Waals surface area contributed by atoms with E-state index in [4.69, 9.17) is 4.74 Å². The van der Waals surface area contributed by atoms with Gasteiger partial charge in [0.2, 0.25) is 0 Å². The molecule has 1 saturated heterocycles. The predicted octanol–water partition coefficient (Wildman–Crippen LogP) is 5.37. The van der Waals surface area contributed by atoms with E-state index in [1.807, 2.05) is 36.7 Å². The molecule has 0 radical (unpaired) electrons. The summed E-state index contributed by atoms with van der Waals surface area (Å²) in [6.07, 6.45) is 0.147. The molecule has 2 atom stereocenters. The Hall–Kier alpha value is -3.24. The van der Waals surface area contributed by atoms with Crippen LogP contribution in [0.25, 0.3) is 0 Å². The fraction of sp³-hybridized carbons (Fsp3) is 0.483. The molecular formula is C29H32F3N5O2. The fourth-order valence-electron chi connectivity index (χ4n) is 6.14. The third-order valence-corrected chi connectivity index (χ3v) is 8.59. The molecule has 1 amide bonds. The molecule has 1 aromatic heterocycles. The summed E-state index contributed by atoms with van der Waals surface area (Å²) in [5, 5.41) is 11.8. The lowest BCUT2D eigenvalue weighted by molar-refractivity contribution is -0.138. The van der Waals surface area contributed by atoms with Crippen molar-refractivity contribution in [2.75, 3.05) is 18.1 Å². The van der Waals surface area contributed by atoms with E-state index in [0.717, 1.165) is 30.7 Å². The van der Waals surface area contributed by atoms with Gasteiger partial charge in [0.25, 0.3) is 5.91 Å². The van der Waals surface area contributed by atoms with E-state index in [1.54, 1.807) is 18.5 Å². The second-order valence-electron chi connectivity index (χ2n) is 11.4. The van der Waals surface area contributed by atoms with Crippen LogP contribution in [0.1, 0.15) is 83.5 Å². The number of aryl methyl sites for hydroxylation is 1. The zero-order valence-corrected chi connectivity index (χ0v) is 22.3. The van der Waals surface area contributed by atoms with Gasteiger partial charge in [0.15, 0.2) is 0 Å². The topological polar surface area (TPSA) is 72.3 Å². The molecule has 3 heterocycles. The van der Waals surface area contributed by atoms with E-state index in [-0.39, 0.29) is 41.1 Å². The maximum absolute atomic E-state index is 14.3. The van der Waals surface area contributed by atoms with Crippen LogP contribution >= 0.6 is 0 Å². The number of alkyl halides is 3. The van der Waals surface area contributed by atoms with Gasteiger partial charge in [0.05, 0.1) is 31.2 Å². The first kappa shape index (κ1) is 26.0. The van der Waals surface area contributed by atoms with Crippen LogP contribution in [-0.2, 0) is 24.5 Å². The smallest absolute Gasteiger partial charge is 0.381 e. The van der Waals surface area contributed by atoms with Crippen molar-refractivity contribution in [2.24, 2.45) is 13.0 Å². The minimum atomic E-state index is -4.57. The standard InChI is InChI=1S/C29H32F3N5O2/c1-17(34-28(2)8-5-9-28)19-11-22-23(24(12-19)29(30,31)32)13-37(27(22)38)21-7-4-6-18(10-21)25(20-14-39-15-20)26-35-33-16-36(26)3/h4,6-7,10-12,16-17,20,25,34H,5,8-9,13-15H2,1-3H3. The minimum absolute atomic E-state index is 0.0287. The zero-order valence-electron chi connectivity index (χ0n) is 22.3. The number of hydrogen-bond donors (Lipinski definition) is 1. The minimum Gasteiger partial charge on any atom is -0.381 e. The highest BCUT2D eigenvalue weighted by Gasteiger charge is 2.42. The van der Waals surface area contributed by atoms with Gasteiger partial charge in [-0.3, -0.25) is 4.79 Å². The Morgan fingerprint density at radius 2 is 1.92 bits per heavy atom. The van der Waals surface area contributed by atoms with Gasteiger partial charge in [-0.05, 0) is 74.1 Å². The maximum atomic E-state index is 14.3. The monoisotopic (exact) mass is 539 g/mol. The Balaban J connectivity index is 1.35. The molecule has 1 N–H and O–H groups in total. The number of benzene rings is 2. The molecule has 2 fully saturated rings. The van der Waals surface area contributed by atoms with E-state index < -0.39 is 17.6 Å². The van der Waals surface area contributed by atoms with Crippen LogP contribution in [0.4, 0.5) is 18.9 Å². The van der Waals surface area contributed by atoms with Gasteiger partial charge in [0, 0.05) is 35.8 Å². The van der Waals surface area contributed by atoms with Crippen LogP contribution in [-0.4, -0.2) is 39.4 Å². The van der Waals surface area contributed by atoms with Crippen molar-refractivity contribution in [1.29, 1.82) is 0 Å². The van der Waals surface area contributed by atoms with Crippen LogP contribution < -0.4 is 10.2 Å². The Bertz CT molecular complexity index is 1410. The highest BCUT2D eigenvalue weighted by atomic mass is 19.4. The number of rotatable bonds is 7. The third kappa shape index (κ3) is 4.63. The number of nitrogens with zero attached hydrogens (tertiary/aromatic N) is 4. The van der Waals surface area contributed by atoms with Crippen LogP contribution in [0, 0.1) is 5.92 Å². The Morgan fingerprint density at radius 1 is 1.15 bits per heavy atom. The second kappa shape index (κ2) is 9.45. The Kier molecular flexibility index (Phi) is 6.30. The van der Waals surface area contributed by atoms with E-state index in [1.165, 1.54) is 11.0 Å². The summed E-state index contributed by atoms with van der Waals surface area (Å²) in [7, 11) is 1.88. The van der Waals surface area contributed by atoms with Gasteiger partial charge in [0.1, 0.15) is 12.2 Å². The van der Waals surface area contributed by atoms with Crippen molar-refractivity contribution in [2.45, 2.75) is 63.3 Å². The molecule has 2 aromatic carbocycles. The number of ether oxygens (including phenoxy) is 1. The summed E-state index contributed by atoms with van der Waals surface area (Å²) in [4.78, 5) is 15.1. The molecule has 206 valence electrons. The van der Waals surface area contributed by atoms with Gasteiger partial charge in [-0.15, -0.1) is 10.2 Å². The van der Waals surface area contributed by atoms with Crippen LogP contribution in [0.3, 0.4) is 0 Å². The van der Waals surface area contributed by atoms with Crippen LogP contribution in [0.2, 0.25) is 0 Å². The highest BCUT2D eigenvalue weighted by Crippen LogP contribution is 2.42. The number of nitrogens with one attached hydrogen (secondary N) is 1. The summed E-state index contributed by atoms with van der Waals surface area (Å²) in [6.45, 7) is 4.99. The molecule has 1 aliphatic carbocycles. The highest BCUT2D eigenvalue weighted by molar-refractivity contribution is 6.10. The lowest BCUT2D eigenvalue weighted by Gasteiger charge is -2.42. The maximum Gasteiger partial charge on any atom is 0.416 e. The predicted molar refractivity (Wildman–Crippen MR) is 139 cm³/mol. The van der Waals surface area contributed by atoms with Crippen molar-refractivity contribution in [3.8, 4) is 0 Å². The summed E-state index contributed by atoms with van der Waals surface area (Å²) < 4.78 is 50.2. The molecule has 3 aliphatic rings. The first-order valence-corrected chi connectivity index (χ1v) is 13.4. The van der Waals surface area contributed by atoms with Gasteiger partial charge in [-0.1, -0.05) is 12.1 Å². The van der Waals surface area contributed by atoms with Crippen molar-refractivity contribution < 1.29 is 22.7 Å². The largest absolute Gasteiger partial charge is 0.416 e. The summed E-state index contributed by atoms with van der Waals surface area (Å²) in [5.74, 6) is 0.449. The second-order valence-corrected chi connectivity index (χ2v) is 11.4. The number of amides is 1. The quantitative estimate of drug-likeness (QED) is 0.437. The lowest BCUT2D eigenvalue weighted by Crippen LogP contribution is -2.49. The van der Waals surface area contributed by atoms with Crippen molar-refractivity contribution in [3.05, 3.63) is 76.4 Å². The average Bonchev–Trinajstić information content (AvgIpc) is 3.41. The van der Waals surface area contributed by atoms with Gasteiger partial charge in [-0.2, -0.15) is 13.2 Å². The number of hydrogen-bond acceptors (Lipinski definition) is 5. The zero-order chi connectivity index (χ0) is 27.5. The summed E-state index contributed by atoms with van der Waals surface area (Å²) in [5.41, 5.74) is 1.28. The first-order valence-electron chi connectivity index (χ1n) is 13.4. The van der Waals surface area contributed by atoms with E-state index in [9.17, 15) is 18.0 Å². The van der Waals surface area contributed by atoms with Crippen LogP contribution in [0.15, 0.2) is 42.7 Å². The Morgan fingerprint density at radius 3 is 2.51 bits per heavy atom. The molecule has 7 nitrogen and oxygen atoms in total. The average molecular weight is 540 g/mol. The summed E-state index contributed by atoms with van der Waals surface area (Å²) in [6, 6.07) is 10.00. The van der Waals surface area contributed by atoms with Crippen molar-refractivity contribution in [1.82, 2.24) is 20.1 Å². The van der Waals surface area contributed by atoms with Gasteiger partial charge >= 0.3 is 6.18 Å². The molecule has 0 bridgehead atoms. The number of aromatic nitrogens is 3.